The molecule has 196 valence electrons. The van der Waals surface area contributed by atoms with Crippen LogP contribution in [0.25, 0.3) is 17.0 Å². The molecule has 2 aliphatic rings. The number of rotatable bonds is 6. The van der Waals surface area contributed by atoms with Crippen LogP contribution < -0.4 is 5.32 Å². The minimum Gasteiger partial charge on any atom is -0.356 e. The zero-order valence-corrected chi connectivity index (χ0v) is 22.9. The van der Waals surface area contributed by atoms with E-state index in [4.69, 9.17) is 0 Å². The molecule has 6 heteroatoms. The van der Waals surface area contributed by atoms with Gasteiger partial charge in [0.15, 0.2) is 5.50 Å². The van der Waals surface area contributed by atoms with Crippen molar-refractivity contribution in [3.8, 4) is 6.07 Å². The summed E-state index contributed by atoms with van der Waals surface area (Å²) in [6.07, 6.45) is 8.79. The van der Waals surface area contributed by atoms with Crippen LogP contribution in [0.4, 0.5) is 5.69 Å². The minimum absolute atomic E-state index is 0.110. The smallest absolute Gasteiger partial charge is 0.262 e. The maximum absolute atomic E-state index is 14.0. The van der Waals surface area contributed by atoms with Gasteiger partial charge in [-0.2, -0.15) is 5.26 Å². The first-order valence-corrected chi connectivity index (χ1v) is 14.6. The largest absolute Gasteiger partial charge is 0.356 e. The number of aromatic nitrogens is 1. The van der Waals surface area contributed by atoms with Gasteiger partial charge < -0.3 is 14.8 Å². The van der Waals surface area contributed by atoms with Gasteiger partial charge in [0.25, 0.3) is 5.91 Å². The molecule has 0 bridgehead atoms. The fourth-order valence-electron chi connectivity index (χ4n) is 5.98. The first-order chi connectivity index (χ1) is 19.1. The molecular weight excluding hydrogens is 500 g/mol. The Labute approximate surface area is 234 Å². The summed E-state index contributed by atoms with van der Waals surface area (Å²) in [5, 5.41) is 14.3. The summed E-state index contributed by atoms with van der Waals surface area (Å²) >= 11 is 1.61. The molecule has 1 N–H and O–H groups in total. The van der Waals surface area contributed by atoms with Crippen molar-refractivity contribution >= 4 is 40.3 Å². The monoisotopic (exact) mass is 532 g/mol. The molecule has 3 aromatic carbocycles. The summed E-state index contributed by atoms with van der Waals surface area (Å²) in [5.74, 6) is 0.587. The van der Waals surface area contributed by atoms with Crippen molar-refractivity contribution in [2.24, 2.45) is 5.92 Å². The van der Waals surface area contributed by atoms with Gasteiger partial charge in [-0.1, -0.05) is 86.1 Å². The Hall–Kier alpha value is -3.95. The van der Waals surface area contributed by atoms with E-state index in [0.717, 1.165) is 51.9 Å². The van der Waals surface area contributed by atoms with Crippen LogP contribution in [0.5, 0.6) is 0 Å². The van der Waals surface area contributed by atoms with E-state index in [0.29, 0.717) is 18.0 Å². The summed E-state index contributed by atoms with van der Waals surface area (Å²) in [6, 6.07) is 28.7. The van der Waals surface area contributed by atoms with Gasteiger partial charge in [-0.3, -0.25) is 4.79 Å². The molecule has 6 rings (SSSR count). The highest BCUT2D eigenvalue weighted by atomic mass is 32.2. The molecule has 1 aliphatic heterocycles. The predicted molar refractivity (Wildman–Crippen MR) is 160 cm³/mol. The van der Waals surface area contributed by atoms with Gasteiger partial charge in [0.05, 0.1) is 16.5 Å². The SMILES string of the molecule is C[C@@H]1CCCC[C@@H]1N1C(=O)/C(=C/c2cn(Cc3ccccc3C#N)c3ccccc23)SC1Nc1ccccc1. The molecule has 1 saturated heterocycles. The Balaban J connectivity index is 1.37. The molecule has 1 unspecified atom stereocenters. The lowest BCUT2D eigenvalue weighted by Gasteiger charge is -2.39. The van der Waals surface area contributed by atoms with E-state index in [-0.39, 0.29) is 17.4 Å². The molecule has 0 spiro atoms. The number of amides is 1. The second kappa shape index (κ2) is 11.0. The summed E-state index contributed by atoms with van der Waals surface area (Å²) in [7, 11) is 0. The van der Waals surface area contributed by atoms with Crippen LogP contribution in [0.3, 0.4) is 0 Å². The van der Waals surface area contributed by atoms with E-state index in [9.17, 15) is 10.1 Å². The van der Waals surface area contributed by atoms with Crippen molar-refractivity contribution in [1.82, 2.24) is 9.47 Å². The molecule has 1 aliphatic carbocycles. The summed E-state index contributed by atoms with van der Waals surface area (Å²) in [5.41, 5.74) is 4.65. The first kappa shape index (κ1) is 25.3. The standard InChI is InChI=1S/C33H32N4OS/c1-23-11-5-9-17-29(23)37-32(38)31(39-33(37)35-27-14-3-2-4-15-27)19-26-22-36(30-18-10-8-16-28(26)30)21-25-13-7-6-12-24(25)20-34/h2-4,6-8,10,12-16,18-19,22-23,29,33,35H,5,9,11,17,21H2,1H3/b31-19-/t23-,29+,33?/m1/s1. The molecule has 39 heavy (non-hydrogen) atoms. The number of nitriles is 1. The fraction of sp³-hybridized carbons (Fsp3) is 0.273. The molecule has 4 aromatic rings. The van der Waals surface area contributed by atoms with Gasteiger partial charge >= 0.3 is 0 Å². The fourth-order valence-corrected chi connectivity index (χ4v) is 7.18. The van der Waals surface area contributed by atoms with E-state index in [1.165, 1.54) is 6.42 Å². The van der Waals surface area contributed by atoms with E-state index < -0.39 is 0 Å². The van der Waals surface area contributed by atoms with Crippen molar-refractivity contribution in [3.05, 3.63) is 107 Å². The van der Waals surface area contributed by atoms with Crippen LogP contribution in [0, 0.1) is 17.2 Å². The zero-order valence-electron chi connectivity index (χ0n) is 22.1. The third-order valence-electron chi connectivity index (χ3n) is 8.01. The Morgan fingerprint density at radius 1 is 1.00 bits per heavy atom. The Morgan fingerprint density at radius 3 is 2.56 bits per heavy atom. The van der Waals surface area contributed by atoms with Crippen molar-refractivity contribution < 1.29 is 4.79 Å². The predicted octanol–water partition coefficient (Wildman–Crippen LogP) is 7.45. The number of hydrogen-bond acceptors (Lipinski definition) is 4. The summed E-state index contributed by atoms with van der Waals surface area (Å²) in [6.45, 7) is 2.88. The molecular formula is C33H32N4OS. The van der Waals surface area contributed by atoms with Crippen LogP contribution in [-0.2, 0) is 11.3 Å². The second-order valence-corrected chi connectivity index (χ2v) is 11.7. The van der Waals surface area contributed by atoms with Gasteiger partial charge in [0, 0.05) is 40.9 Å². The van der Waals surface area contributed by atoms with Crippen LogP contribution in [0.2, 0.25) is 0 Å². The van der Waals surface area contributed by atoms with E-state index in [2.05, 4.69) is 64.3 Å². The first-order valence-electron chi connectivity index (χ1n) is 13.7. The number of hydrogen-bond donors (Lipinski definition) is 1. The van der Waals surface area contributed by atoms with Crippen molar-refractivity contribution in [3.63, 3.8) is 0 Å². The maximum Gasteiger partial charge on any atom is 0.262 e. The van der Waals surface area contributed by atoms with Gasteiger partial charge in [0.1, 0.15) is 0 Å². The number of nitrogens with zero attached hydrogens (tertiary/aromatic N) is 3. The number of carbonyl (C=O) groups excluding carboxylic acids is 1. The molecule has 1 amide bonds. The molecule has 0 radical (unpaired) electrons. The highest BCUT2D eigenvalue weighted by Crippen LogP contribution is 2.42. The van der Waals surface area contributed by atoms with Gasteiger partial charge in [0.2, 0.25) is 0 Å². The van der Waals surface area contributed by atoms with Gasteiger partial charge in [-0.15, -0.1) is 0 Å². The van der Waals surface area contributed by atoms with Crippen molar-refractivity contribution in [2.75, 3.05) is 5.32 Å². The molecule has 5 nitrogen and oxygen atoms in total. The molecule has 3 atom stereocenters. The van der Waals surface area contributed by atoms with E-state index in [1.807, 2.05) is 54.6 Å². The third kappa shape index (κ3) is 5.07. The van der Waals surface area contributed by atoms with Crippen molar-refractivity contribution in [1.29, 1.82) is 5.26 Å². The number of nitrogens with one attached hydrogen (secondary N) is 1. The van der Waals surface area contributed by atoms with E-state index in [1.54, 1.807) is 11.8 Å². The Bertz CT molecular complexity index is 1570. The number of carbonyl (C=O) groups is 1. The van der Waals surface area contributed by atoms with Gasteiger partial charge in [-0.25, -0.2) is 0 Å². The number of fused-ring (bicyclic) bond motifs is 1. The number of anilines is 1. The molecule has 2 fully saturated rings. The van der Waals surface area contributed by atoms with Crippen LogP contribution in [0.1, 0.15) is 49.3 Å². The highest BCUT2D eigenvalue weighted by molar-refractivity contribution is 8.05. The topological polar surface area (TPSA) is 61.1 Å². The van der Waals surface area contributed by atoms with Crippen LogP contribution >= 0.6 is 11.8 Å². The average molecular weight is 533 g/mol. The quantitative estimate of drug-likeness (QED) is 0.262. The third-order valence-corrected chi connectivity index (χ3v) is 9.12. The van der Waals surface area contributed by atoms with Crippen LogP contribution in [-0.4, -0.2) is 26.9 Å². The summed E-state index contributed by atoms with van der Waals surface area (Å²) < 4.78 is 2.18. The minimum atomic E-state index is -0.146. The van der Waals surface area contributed by atoms with E-state index >= 15 is 0 Å². The number of para-hydroxylation sites is 2. The van der Waals surface area contributed by atoms with Crippen molar-refractivity contribution in [2.45, 2.75) is 50.7 Å². The lowest BCUT2D eigenvalue weighted by atomic mass is 9.85. The average Bonchev–Trinajstić information content (AvgIpc) is 3.46. The number of benzene rings is 3. The lowest BCUT2D eigenvalue weighted by Crippen LogP contribution is -2.48. The summed E-state index contributed by atoms with van der Waals surface area (Å²) in [4.78, 5) is 16.9. The Kier molecular flexibility index (Phi) is 7.17. The van der Waals surface area contributed by atoms with Gasteiger partial charge in [-0.05, 0) is 54.7 Å². The number of thioether (sulfide) groups is 1. The molecule has 1 saturated carbocycles. The second-order valence-electron chi connectivity index (χ2n) is 10.5. The highest BCUT2D eigenvalue weighted by Gasteiger charge is 2.43. The normalized spacial score (nSPS) is 22.4. The lowest BCUT2D eigenvalue weighted by molar-refractivity contribution is -0.129. The Morgan fingerprint density at radius 2 is 1.74 bits per heavy atom. The van der Waals surface area contributed by atoms with Crippen LogP contribution in [0.15, 0.2) is 90.0 Å². The molecule has 1 aromatic heterocycles. The maximum atomic E-state index is 14.0. The zero-order chi connectivity index (χ0) is 26.8. The molecule has 2 heterocycles.